The molecule has 0 radical (unpaired) electrons. The van der Waals surface area contributed by atoms with Crippen molar-refractivity contribution in [3.05, 3.63) is 48.5 Å². The van der Waals surface area contributed by atoms with Crippen molar-refractivity contribution in [1.29, 1.82) is 0 Å². The first-order valence-electron chi connectivity index (χ1n) is 8.95. The molecule has 0 amide bonds. The van der Waals surface area contributed by atoms with Crippen LogP contribution in [-0.2, 0) is 32.4 Å². The number of aliphatic hydroxyl groups excluding tert-OH is 1. The molecule has 3 heterocycles. The second-order valence-electron chi connectivity index (χ2n) is 6.69. The van der Waals surface area contributed by atoms with Gasteiger partial charge in [0.1, 0.15) is 30.2 Å². The summed E-state index contributed by atoms with van der Waals surface area (Å²) in [4.78, 5) is 31.0. The van der Waals surface area contributed by atoms with Crippen LogP contribution in [0.4, 0.5) is 5.82 Å². The first kappa shape index (κ1) is 21.2. The Kier molecular flexibility index (Phi) is 6.09. The molecular formula is C17H20N5O6PS. The molecule has 2 aromatic heterocycles. The number of aromatic nitrogens is 4. The van der Waals surface area contributed by atoms with Gasteiger partial charge in [0.15, 0.2) is 17.7 Å². The van der Waals surface area contributed by atoms with Crippen LogP contribution in [-0.4, -0.2) is 59.3 Å². The largest absolute Gasteiger partial charge is 0.387 e. The number of fused-ring (bicyclic) bond motifs is 1. The van der Waals surface area contributed by atoms with Crippen LogP contribution in [0.25, 0.3) is 11.2 Å². The maximum atomic E-state index is 10.8. The first-order valence-corrected chi connectivity index (χ1v) is 11.6. The van der Waals surface area contributed by atoms with Crippen molar-refractivity contribution in [2.45, 2.75) is 31.1 Å². The number of benzene rings is 1. The molecule has 13 heteroatoms. The molecule has 4 atom stereocenters. The number of rotatable bonds is 7. The molecule has 5 N–H and O–H groups in total. The summed E-state index contributed by atoms with van der Waals surface area (Å²) in [5.74, 6) is 0.209. The Balaban J connectivity index is 1.62. The normalized spacial score (nSPS) is 24.5. The molecule has 160 valence electrons. The number of anilines is 1. The number of nitrogens with zero attached hydrogens (tertiary/aromatic N) is 4. The van der Waals surface area contributed by atoms with E-state index < -0.39 is 31.3 Å². The van der Waals surface area contributed by atoms with Crippen molar-refractivity contribution < 1.29 is 28.9 Å². The van der Waals surface area contributed by atoms with E-state index in [1.807, 2.05) is 30.3 Å². The van der Waals surface area contributed by atoms with Crippen LogP contribution in [0.3, 0.4) is 0 Å². The fourth-order valence-corrected chi connectivity index (χ4v) is 3.78. The minimum Gasteiger partial charge on any atom is -0.387 e. The van der Waals surface area contributed by atoms with Gasteiger partial charge in [0.2, 0.25) is 0 Å². The summed E-state index contributed by atoms with van der Waals surface area (Å²) in [6.07, 6.45) is -0.951. The van der Waals surface area contributed by atoms with E-state index in [0.717, 1.165) is 5.56 Å². The second kappa shape index (κ2) is 8.61. The van der Waals surface area contributed by atoms with Gasteiger partial charge in [-0.25, -0.2) is 15.0 Å². The highest BCUT2D eigenvalue weighted by Gasteiger charge is 2.46. The molecule has 0 aliphatic carbocycles. The Labute approximate surface area is 176 Å². The standard InChI is InChI=1S/C17H20N5O6PS/c18-15-12-16(20-8-19-15)22(9-21-12)17-14(26-6-10-4-2-1-3-5-10)13(23)11(28-17)7-27-29(24,25)30/h1-5,8-9,11,13-14,17,23H,6-7H2,(H2,18,19,20)(H2,24,25,30)/t11-,13-,14-,17-/m1/s1. The molecule has 1 aliphatic heterocycles. The van der Waals surface area contributed by atoms with Gasteiger partial charge in [0, 0.05) is 0 Å². The summed E-state index contributed by atoms with van der Waals surface area (Å²) in [5, 5.41) is 10.8. The zero-order chi connectivity index (χ0) is 21.3. The third-order valence-corrected chi connectivity index (χ3v) is 5.47. The molecule has 0 unspecified atom stereocenters. The Morgan fingerprint density at radius 2 is 1.97 bits per heavy atom. The third-order valence-electron chi connectivity index (χ3n) is 4.67. The van der Waals surface area contributed by atoms with Gasteiger partial charge in [-0.1, -0.05) is 30.3 Å². The first-order chi connectivity index (χ1) is 14.3. The number of ether oxygens (including phenoxy) is 2. The minimum atomic E-state index is -3.91. The van der Waals surface area contributed by atoms with Crippen molar-refractivity contribution in [2.75, 3.05) is 12.3 Å². The topological polar surface area (TPSA) is 158 Å². The van der Waals surface area contributed by atoms with Crippen molar-refractivity contribution in [3.63, 3.8) is 0 Å². The number of nitrogens with two attached hydrogens (primary N) is 1. The zero-order valence-electron chi connectivity index (χ0n) is 15.6. The van der Waals surface area contributed by atoms with Crippen LogP contribution in [0, 0.1) is 0 Å². The van der Waals surface area contributed by atoms with Gasteiger partial charge < -0.3 is 34.6 Å². The summed E-state index contributed by atoms with van der Waals surface area (Å²) in [5.41, 5.74) is 7.56. The van der Waals surface area contributed by atoms with Crippen LogP contribution in [0.15, 0.2) is 43.0 Å². The molecule has 1 aromatic carbocycles. The van der Waals surface area contributed by atoms with Gasteiger partial charge >= 0.3 is 6.72 Å². The smallest absolute Gasteiger partial charge is 0.321 e. The summed E-state index contributed by atoms with van der Waals surface area (Å²) < 4.78 is 18.4. The SMILES string of the molecule is Nc1ncnc2c1ncn2[C@@H]1O[C@H](COP(O)(O)=S)[C@@H](O)[C@H]1OCc1ccccc1. The highest BCUT2D eigenvalue weighted by atomic mass is 32.5. The van der Waals surface area contributed by atoms with E-state index >= 15 is 0 Å². The van der Waals surface area contributed by atoms with E-state index in [-0.39, 0.29) is 19.0 Å². The summed E-state index contributed by atoms with van der Waals surface area (Å²) in [6, 6.07) is 9.44. The number of imidazole rings is 1. The Morgan fingerprint density at radius 3 is 2.70 bits per heavy atom. The lowest BCUT2D eigenvalue weighted by Crippen LogP contribution is -2.35. The molecule has 0 spiro atoms. The van der Waals surface area contributed by atoms with Crippen molar-refractivity contribution in [3.8, 4) is 0 Å². The van der Waals surface area contributed by atoms with Gasteiger partial charge in [-0.15, -0.1) is 0 Å². The van der Waals surface area contributed by atoms with Gasteiger partial charge in [-0.3, -0.25) is 4.57 Å². The number of nitrogen functional groups attached to an aromatic ring is 1. The van der Waals surface area contributed by atoms with E-state index in [9.17, 15) is 14.9 Å². The average Bonchev–Trinajstić information content (AvgIpc) is 3.27. The number of hydrogen-bond acceptors (Lipinski definition) is 9. The van der Waals surface area contributed by atoms with Gasteiger partial charge in [-0.05, 0) is 17.4 Å². The molecule has 0 saturated carbocycles. The molecule has 4 rings (SSSR count). The Hall–Kier alpha value is -2.02. The van der Waals surface area contributed by atoms with Gasteiger partial charge in [-0.2, -0.15) is 0 Å². The highest BCUT2D eigenvalue weighted by Crippen LogP contribution is 2.40. The second-order valence-corrected chi connectivity index (χ2v) is 9.35. The Morgan fingerprint density at radius 1 is 1.20 bits per heavy atom. The monoisotopic (exact) mass is 453 g/mol. The number of aliphatic hydroxyl groups is 1. The molecule has 1 aliphatic rings. The van der Waals surface area contributed by atoms with E-state index in [1.54, 1.807) is 4.57 Å². The van der Waals surface area contributed by atoms with Crippen molar-refractivity contribution in [1.82, 2.24) is 19.5 Å². The quantitative estimate of drug-likeness (QED) is 0.369. The van der Waals surface area contributed by atoms with Crippen LogP contribution < -0.4 is 5.73 Å². The maximum absolute atomic E-state index is 10.8. The Bertz CT molecular complexity index is 1060. The van der Waals surface area contributed by atoms with Crippen LogP contribution in [0.1, 0.15) is 11.8 Å². The van der Waals surface area contributed by atoms with Crippen molar-refractivity contribution >= 4 is 35.5 Å². The molecule has 11 nitrogen and oxygen atoms in total. The molecule has 3 aromatic rings. The highest BCUT2D eigenvalue weighted by molar-refractivity contribution is 8.06. The molecule has 30 heavy (non-hydrogen) atoms. The molecule has 1 fully saturated rings. The van der Waals surface area contributed by atoms with E-state index in [4.69, 9.17) is 19.7 Å². The lowest BCUT2D eigenvalue weighted by Gasteiger charge is -2.22. The lowest BCUT2D eigenvalue weighted by atomic mass is 10.1. The van der Waals surface area contributed by atoms with Crippen molar-refractivity contribution in [2.24, 2.45) is 0 Å². The zero-order valence-corrected chi connectivity index (χ0v) is 17.3. The van der Waals surface area contributed by atoms with Gasteiger partial charge in [0.05, 0.1) is 19.5 Å². The predicted molar refractivity (Wildman–Crippen MR) is 109 cm³/mol. The van der Waals surface area contributed by atoms with E-state index in [1.165, 1.54) is 12.7 Å². The average molecular weight is 453 g/mol. The molecular weight excluding hydrogens is 433 g/mol. The fraction of sp³-hybridized carbons (Fsp3) is 0.353. The summed E-state index contributed by atoms with van der Waals surface area (Å²) >= 11 is 4.47. The van der Waals surface area contributed by atoms with E-state index in [2.05, 4.69) is 26.8 Å². The maximum Gasteiger partial charge on any atom is 0.321 e. The van der Waals surface area contributed by atoms with Crippen LogP contribution in [0.2, 0.25) is 0 Å². The molecule has 1 saturated heterocycles. The van der Waals surface area contributed by atoms with Gasteiger partial charge in [0.25, 0.3) is 0 Å². The third kappa shape index (κ3) is 4.51. The lowest BCUT2D eigenvalue weighted by molar-refractivity contribution is -0.0756. The summed E-state index contributed by atoms with van der Waals surface area (Å²) in [7, 11) is 0. The molecule has 0 bridgehead atoms. The summed E-state index contributed by atoms with van der Waals surface area (Å²) in [6.45, 7) is -4.01. The van der Waals surface area contributed by atoms with Crippen LogP contribution in [0.5, 0.6) is 0 Å². The van der Waals surface area contributed by atoms with E-state index in [0.29, 0.717) is 11.2 Å². The predicted octanol–water partition coefficient (Wildman–Crippen LogP) is 0.478. The van der Waals surface area contributed by atoms with Crippen LogP contribution >= 0.6 is 6.72 Å². The minimum absolute atomic E-state index is 0.209. The number of hydrogen-bond donors (Lipinski definition) is 4. The fourth-order valence-electron chi connectivity index (χ4n) is 3.25.